The van der Waals surface area contributed by atoms with Crippen molar-refractivity contribution in [2.24, 2.45) is 10.8 Å². The van der Waals surface area contributed by atoms with E-state index in [1.54, 1.807) is 7.05 Å². The van der Waals surface area contributed by atoms with Crippen LogP contribution in [0.1, 0.15) is 19.3 Å². The van der Waals surface area contributed by atoms with Gasteiger partial charge in [-0.2, -0.15) is 0 Å². The van der Waals surface area contributed by atoms with Gasteiger partial charge >= 0.3 is 0 Å². The van der Waals surface area contributed by atoms with Gasteiger partial charge in [0, 0.05) is 19.5 Å². The summed E-state index contributed by atoms with van der Waals surface area (Å²) in [6.07, 6.45) is 2.71. The molecule has 1 saturated carbocycles. The lowest BCUT2D eigenvalue weighted by Crippen LogP contribution is -2.42. The number of hydrazine groups is 1. The molecule has 0 heterocycles. The van der Waals surface area contributed by atoms with Gasteiger partial charge in [-0.25, -0.2) is 5.84 Å². The van der Waals surface area contributed by atoms with E-state index in [1.807, 2.05) is 0 Å². The van der Waals surface area contributed by atoms with Crippen LogP contribution in [0.2, 0.25) is 0 Å². The van der Waals surface area contributed by atoms with Crippen LogP contribution in [0, 0.1) is 0 Å². The lowest BCUT2D eigenvalue weighted by atomic mass is 10.4. The number of carbonyl (C=O) groups excluding carboxylic acids is 1. The molecule has 1 aliphatic rings. The third kappa shape index (κ3) is 4.08. The third-order valence-electron chi connectivity index (χ3n) is 1.94. The van der Waals surface area contributed by atoms with E-state index >= 15 is 0 Å². The Balaban J connectivity index is 2.20. The van der Waals surface area contributed by atoms with E-state index in [-0.39, 0.29) is 5.91 Å². The fourth-order valence-corrected chi connectivity index (χ4v) is 0.948. The van der Waals surface area contributed by atoms with Crippen molar-refractivity contribution in [3.63, 3.8) is 0 Å². The van der Waals surface area contributed by atoms with Crippen molar-refractivity contribution in [3.8, 4) is 0 Å². The summed E-state index contributed by atoms with van der Waals surface area (Å²) in [6, 6.07) is 0.504. The van der Waals surface area contributed by atoms with Gasteiger partial charge in [-0.05, 0) is 12.8 Å². The summed E-state index contributed by atoms with van der Waals surface area (Å²) in [4.78, 5) is 15.0. The minimum atomic E-state index is -0.0171. The summed E-state index contributed by atoms with van der Waals surface area (Å²) in [5.74, 6) is 5.80. The molecule has 0 saturated heterocycles. The van der Waals surface area contributed by atoms with E-state index in [2.05, 4.69) is 21.1 Å². The normalized spacial score (nSPS) is 16.3. The Morgan fingerprint density at radius 2 is 2.29 bits per heavy atom. The van der Waals surface area contributed by atoms with Gasteiger partial charge in [-0.15, -0.1) is 0 Å². The van der Waals surface area contributed by atoms with Crippen molar-refractivity contribution in [2.45, 2.75) is 25.3 Å². The average molecular weight is 199 g/mol. The largest absolute Gasteiger partial charge is 0.359 e. The smallest absolute Gasteiger partial charge is 0.221 e. The Labute approximate surface area is 83.3 Å². The number of hydrogen-bond donors (Lipinski definition) is 4. The number of aliphatic imine (C=N–C) groups is 1. The summed E-state index contributed by atoms with van der Waals surface area (Å²) in [5.41, 5.74) is 2.47. The van der Waals surface area contributed by atoms with Crippen molar-refractivity contribution in [2.75, 3.05) is 13.6 Å². The number of nitrogens with zero attached hydrogens (tertiary/aromatic N) is 1. The van der Waals surface area contributed by atoms with Crippen LogP contribution < -0.4 is 21.9 Å². The Hall–Kier alpha value is -1.30. The zero-order valence-electron chi connectivity index (χ0n) is 8.34. The van der Waals surface area contributed by atoms with Crippen molar-refractivity contribution in [3.05, 3.63) is 0 Å². The molecule has 1 aliphatic carbocycles. The quantitative estimate of drug-likeness (QED) is 0.196. The lowest BCUT2D eigenvalue weighted by molar-refractivity contribution is -0.120. The van der Waals surface area contributed by atoms with Crippen LogP contribution in [-0.4, -0.2) is 31.5 Å². The molecule has 0 aliphatic heterocycles. The molecule has 0 bridgehead atoms. The summed E-state index contributed by atoms with van der Waals surface area (Å²) >= 11 is 0. The zero-order valence-corrected chi connectivity index (χ0v) is 8.34. The van der Waals surface area contributed by atoms with Gasteiger partial charge in [0.2, 0.25) is 11.9 Å². The van der Waals surface area contributed by atoms with Gasteiger partial charge < -0.3 is 10.6 Å². The number of guanidine groups is 1. The molecule has 5 N–H and O–H groups in total. The van der Waals surface area contributed by atoms with E-state index in [4.69, 9.17) is 5.84 Å². The van der Waals surface area contributed by atoms with Crippen LogP contribution in [0.5, 0.6) is 0 Å². The molecule has 1 amide bonds. The second-order valence-corrected chi connectivity index (χ2v) is 3.22. The average Bonchev–Trinajstić information content (AvgIpc) is 2.99. The highest BCUT2D eigenvalue weighted by molar-refractivity contribution is 5.80. The van der Waals surface area contributed by atoms with E-state index in [9.17, 15) is 4.79 Å². The molecule has 1 rings (SSSR count). The number of nitrogens with two attached hydrogens (primary N) is 1. The maximum absolute atomic E-state index is 10.9. The summed E-state index contributed by atoms with van der Waals surface area (Å²) in [5, 5.41) is 5.64. The highest BCUT2D eigenvalue weighted by Gasteiger charge is 2.21. The Kier molecular flexibility index (Phi) is 4.18. The monoisotopic (exact) mass is 199 g/mol. The number of amides is 1. The van der Waals surface area contributed by atoms with Crippen LogP contribution in [0.3, 0.4) is 0 Å². The van der Waals surface area contributed by atoms with Crippen LogP contribution in [0.15, 0.2) is 4.99 Å². The number of carbonyl (C=O) groups is 1. The van der Waals surface area contributed by atoms with Gasteiger partial charge in [-0.3, -0.25) is 15.2 Å². The fourth-order valence-electron chi connectivity index (χ4n) is 0.948. The molecule has 14 heavy (non-hydrogen) atoms. The first-order chi connectivity index (χ1) is 6.76. The number of nitrogens with one attached hydrogen (secondary N) is 3. The molecule has 0 atom stereocenters. The highest BCUT2D eigenvalue weighted by atomic mass is 16.1. The Morgan fingerprint density at radius 1 is 1.57 bits per heavy atom. The molecule has 0 aromatic rings. The molecule has 1 fully saturated rings. The van der Waals surface area contributed by atoms with Crippen LogP contribution in [-0.2, 0) is 4.79 Å². The first-order valence-electron chi connectivity index (χ1n) is 4.74. The van der Waals surface area contributed by atoms with Crippen LogP contribution in [0.25, 0.3) is 0 Å². The molecular formula is C8H17N5O. The Morgan fingerprint density at radius 3 is 2.79 bits per heavy atom. The minimum Gasteiger partial charge on any atom is -0.359 e. The second kappa shape index (κ2) is 5.43. The SMILES string of the molecule is CNC(=O)CCN=C(NN)NC1CC1. The van der Waals surface area contributed by atoms with Gasteiger partial charge in [0.15, 0.2) is 0 Å². The predicted octanol–water partition coefficient (Wildman–Crippen LogP) is -1.31. The molecule has 0 unspecified atom stereocenters. The minimum absolute atomic E-state index is 0.0171. The maximum atomic E-state index is 10.9. The van der Waals surface area contributed by atoms with Gasteiger partial charge in [0.1, 0.15) is 0 Å². The maximum Gasteiger partial charge on any atom is 0.221 e. The molecule has 80 valence electrons. The van der Waals surface area contributed by atoms with Crippen molar-refractivity contribution >= 4 is 11.9 Å². The lowest BCUT2D eigenvalue weighted by Gasteiger charge is -2.07. The van der Waals surface area contributed by atoms with Crippen molar-refractivity contribution in [1.29, 1.82) is 0 Å². The molecule has 0 aromatic carbocycles. The molecule has 6 nitrogen and oxygen atoms in total. The summed E-state index contributed by atoms with van der Waals surface area (Å²) < 4.78 is 0. The predicted molar refractivity (Wildman–Crippen MR) is 54.5 cm³/mol. The highest BCUT2D eigenvalue weighted by Crippen LogP contribution is 2.18. The number of rotatable bonds is 4. The van der Waals surface area contributed by atoms with Gasteiger partial charge in [-0.1, -0.05) is 0 Å². The van der Waals surface area contributed by atoms with E-state index < -0.39 is 0 Å². The molecule has 0 aromatic heterocycles. The molecule has 0 radical (unpaired) electrons. The molecule has 6 heteroatoms. The molecule has 0 spiro atoms. The van der Waals surface area contributed by atoms with Crippen molar-refractivity contribution in [1.82, 2.24) is 16.1 Å². The second-order valence-electron chi connectivity index (χ2n) is 3.22. The van der Waals surface area contributed by atoms with Gasteiger partial charge in [0.05, 0.1) is 6.54 Å². The van der Waals surface area contributed by atoms with E-state index in [1.165, 1.54) is 0 Å². The zero-order chi connectivity index (χ0) is 10.4. The number of hydrogen-bond acceptors (Lipinski definition) is 3. The fraction of sp³-hybridized carbons (Fsp3) is 0.750. The summed E-state index contributed by atoms with van der Waals surface area (Å²) in [7, 11) is 1.61. The third-order valence-corrected chi connectivity index (χ3v) is 1.94. The van der Waals surface area contributed by atoms with Crippen LogP contribution >= 0.6 is 0 Å². The Bertz CT molecular complexity index is 224. The summed E-state index contributed by atoms with van der Waals surface area (Å²) in [6.45, 7) is 0.443. The first-order valence-corrected chi connectivity index (χ1v) is 4.74. The molecular weight excluding hydrogens is 182 g/mol. The van der Waals surface area contributed by atoms with E-state index in [0.29, 0.717) is 25.0 Å². The standard InChI is InChI=1S/C8H17N5O/c1-10-7(14)4-5-11-8(13-9)12-6-2-3-6/h6H,2-5,9H2,1H3,(H,10,14)(H2,11,12,13). The first kappa shape index (κ1) is 10.8. The van der Waals surface area contributed by atoms with Crippen LogP contribution in [0.4, 0.5) is 0 Å². The van der Waals surface area contributed by atoms with E-state index in [0.717, 1.165) is 12.8 Å². The van der Waals surface area contributed by atoms with Gasteiger partial charge in [0.25, 0.3) is 0 Å². The topological polar surface area (TPSA) is 91.5 Å². The van der Waals surface area contributed by atoms with Crippen molar-refractivity contribution < 1.29 is 4.79 Å².